The first-order valence-corrected chi connectivity index (χ1v) is 10.2. The van der Waals surface area contributed by atoms with E-state index >= 15 is 0 Å². The van der Waals surface area contributed by atoms with E-state index in [4.69, 9.17) is 16.3 Å². The third-order valence-electron chi connectivity index (χ3n) is 5.09. The summed E-state index contributed by atoms with van der Waals surface area (Å²) in [7, 11) is 0. The van der Waals surface area contributed by atoms with Gasteiger partial charge in [0.2, 0.25) is 0 Å². The minimum atomic E-state index is -0.210. The highest BCUT2D eigenvalue weighted by Crippen LogP contribution is 2.29. The molecule has 0 radical (unpaired) electrons. The average molecular weight is 414 g/mol. The van der Waals surface area contributed by atoms with E-state index in [2.05, 4.69) is 20.3 Å². The number of nitrogens with one attached hydrogen (secondary N) is 1. The van der Waals surface area contributed by atoms with Crippen LogP contribution in [0.2, 0.25) is 5.02 Å². The minimum absolute atomic E-state index is 0.210. The van der Waals surface area contributed by atoms with Crippen LogP contribution in [-0.4, -0.2) is 65.0 Å². The quantitative estimate of drug-likeness (QED) is 0.629. The highest BCUT2D eigenvalue weighted by atomic mass is 35.5. The largest absolute Gasteiger partial charge is 0.379 e. The highest BCUT2D eigenvalue weighted by Gasteiger charge is 2.20. The molecular weight excluding hydrogens is 390 g/mol. The number of benzene rings is 1. The number of halogens is 1. The minimum Gasteiger partial charge on any atom is -0.379 e. The Balaban J connectivity index is 1.47. The van der Waals surface area contributed by atoms with Crippen LogP contribution in [0.15, 0.2) is 36.5 Å². The van der Waals surface area contributed by atoms with E-state index in [1.54, 1.807) is 4.68 Å². The number of fused-ring (bicyclic) bond motifs is 1. The number of aryl methyl sites for hydroxylation is 1. The maximum Gasteiger partial charge on any atom is 0.254 e. The Morgan fingerprint density at radius 1 is 1.24 bits per heavy atom. The van der Waals surface area contributed by atoms with E-state index in [-0.39, 0.29) is 5.91 Å². The molecule has 0 unspecified atom stereocenters. The molecule has 1 aromatic carbocycles. The van der Waals surface area contributed by atoms with Gasteiger partial charge in [-0.3, -0.25) is 9.69 Å². The van der Waals surface area contributed by atoms with Gasteiger partial charge in [0.25, 0.3) is 5.91 Å². The van der Waals surface area contributed by atoms with Crippen molar-refractivity contribution >= 4 is 28.5 Å². The van der Waals surface area contributed by atoms with Crippen LogP contribution in [0.3, 0.4) is 0 Å². The van der Waals surface area contributed by atoms with Gasteiger partial charge in [-0.2, -0.15) is 5.10 Å². The molecule has 1 amide bonds. The van der Waals surface area contributed by atoms with Crippen LogP contribution < -0.4 is 5.32 Å². The monoisotopic (exact) mass is 413 g/mol. The smallest absolute Gasteiger partial charge is 0.254 e. The van der Waals surface area contributed by atoms with Crippen molar-refractivity contribution in [1.29, 1.82) is 0 Å². The summed E-state index contributed by atoms with van der Waals surface area (Å²) in [6.07, 6.45) is 2.41. The molecule has 8 heteroatoms. The van der Waals surface area contributed by atoms with Gasteiger partial charge in [0, 0.05) is 25.8 Å². The third kappa shape index (κ3) is 4.27. The fourth-order valence-electron chi connectivity index (χ4n) is 3.54. The van der Waals surface area contributed by atoms with Gasteiger partial charge in [-0.25, -0.2) is 9.67 Å². The summed E-state index contributed by atoms with van der Waals surface area (Å²) in [6.45, 7) is 6.87. The predicted octanol–water partition coefficient (Wildman–Crippen LogP) is 2.83. The summed E-state index contributed by atoms with van der Waals surface area (Å²) in [4.78, 5) is 19.5. The van der Waals surface area contributed by atoms with Crippen molar-refractivity contribution in [1.82, 2.24) is 25.0 Å². The molecule has 0 saturated carbocycles. The number of carbonyl (C=O) groups excluding carboxylic acids is 1. The molecule has 3 aromatic rings. The van der Waals surface area contributed by atoms with Gasteiger partial charge in [0.1, 0.15) is 0 Å². The van der Waals surface area contributed by atoms with Crippen molar-refractivity contribution in [2.75, 3.05) is 39.4 Å². The number of rotatable bonds is 6. The second-order valence-corrected chi connectivity index (χ2v) is 7.46. The maximum atomic E-state index is 12.7. The van der Waals surface area contributed by atoms with Crippen molar-refractivity contribution in [3.8, 4) is 5.69 Å². The lowest BCUT2D eigenvalue weighted by molar-refractivity contribution is 0.0374. The lowest BCUT2D eigenvalue weighted by Gasteiger charge is -2.26. The van der Waals surface area contributed by atoms with E-state index in [1.807, 2.05) is 37.3 Å². The number of morpholine rings is 1. The number of carbonyl (C=O) groups is 1. The van der Waals surface area contributed by atoms with E-state index in [1.165, 1.54) is 6.20 Å². The van der Waals surface area contributed by atoms with Crippen molar-refractivity contribution < 1.29 is 9.53 Å². The van der Waals surface area contributed by atoms with Gasteiger partial charge >= 0.3 is 0 Å². The van der Waals surface area contributed by atoms with Gasteiger partial charge in [-0.05, 0) is 32.0 Å². The number of hydrogen-bond acceptors (Lipinski definition) is 5. The molecule has 1 fully saturated rings. The molecule has 0 atom stereocenters. The Kier molecular flexibility index (Phi) is 6.08. The Hall–Kier alpha value is -2.48. The molecule has 1 aliphatic heterocycles. The zero-order valence-corrected chi connectivity index (χ0v) is 17.2. The zero-order valence-electron chi connectivity index (χ0n) is 16.4. The molecule has 1 aliphatic rings. The Morgan fingerprint density at radius 3 is 2.76 bits per heavy atom. The molecule has 152 valence electrons. The number of ether oxygens (including phenoxy) is 1. The highest BCUT2D eigenvalue weighted by molar-refractivity contribution is 6.38. The standard InChI is InChI=1S/C21H24ClN5O2/c1-15-18-19(22)17(21(28)23-8-5-9-26-10-12-29-13-11-26)14-24-20(18)27(25-15)16-6-3-2-4-7-16/h2-4,6-7,14H,5,8-13H2,1H3,(H,23,28). The van der Waals surface area contributed by atoms with Crippen LogP contribution >= 0.6 is 11.6 Å². The SMILES string of the molecule is Cc1nn(-c2ccccc2)c2ncc(C(=O)NCCCN3CCOCC3)c(Cl)c12. The Labute approximate surface area is 174 Å². The summed E-state index contributed by atoms with van der Waals surface area (Å²) in [5.41, 5.74) is 2.65. The van der Waals surface area contributed by atoms with Gasteiger partial charge in [0.15, 0.2) is 5.65 Å². The van der Waals surface area contributed by atoms with E-state index in [9.17, 15) is 4.79 Å². The van der Waals surface area contributed by atoms with Crippen molar-refractivity contribution in [3.63, 3.8) is 0 Å². The molecule has 2 aromatic heterocycles. The van der Waals surface area contributed by atoms with Gasteiger partial charge in [-0.15, -0.1) is 0 Å². The van der Waals surface area contributed by atoms with Crippen LogP contribution in [0.25, 0.3) is 16.7 Å². The average Bonchev–Trinajstić information content (AvgIpc) is 3.10. The molecule has 3 heterocycles. The number of nitrogens with zero attached hydrogens (tertiary/aromatic N) is 4. The first kappa shape index (κ1) is 19.8. The molecule has 1 saturated heterocycles. The van der Waals surface area contributed by atoms with Crippen LogP contribution in [-0.2, 0) is 4.74 Å². The lowest BCUT2D eigenvalue weighted by atomic mass is 10.2. The van der Waals surface area contributed by atoms with Crippen molar-refractivity contribution in [3.05, 3.63) is 52.8 Å². The van der Waals surface area contributed by atoms with Crippen LogP contribution in [0.4, 0.5) is 0 Å². The molecule has 4 rings (SSSR count). The predicted molar refractivity (Wildman–Crippen MR) is 113 cm³/mol. The third-order valence-corrected chi connectivity index (χ3v) is 5.49. The van der Waals surface area contributed by atoms with E-state index < -0.39 is 0 Å². The van der Waals surface area contributed by atoms with Crippen LogP contribution in [0.5, 0.6) is 0 Å². The van der Waals surface area contributed by atoms with Gasteiger partial charge < -0.3 is 10.1 Å². The molecule has 1 N–H and O–H groups in total. The first-order chi connectivity index (χ1) is 14.1. The van der Waals surface area contributed by atoms with Crippen LogP contribution in [0, 0.1) is 6.92 Å². The van der Waals surface area contributed by atoms with Crippen LogP contribution in [0.1, 0.15) is 22.5 Å². The Morgan fingerprint density at radius 2 is 2.00 bits per heavy atom. The lowest BCUT2D eigenvalue weighted by Crippen LogP contribution is -2.38. The molecule has 29 heavy (non-hydrogen) atoms. The number of aromatic nitrogens is 3. The molecule has 0 spiro atoms. The number of hydrogen-bond donors (Lipinski definition) is 1. The Bertz CT molecular complexity index is 999. The maximum absolute atomic E-state index is 12.7. The number of amides is 1. The number of para-hydroxylation sites is 1. The second-order valence-electron chi connectivity index (χ2n) is 7.08. The molecular formula is C21H24ClN5O2. The number of pyridine rings is 1. The summed E-state index contributed by atoms with van der Waals surface area (Å²) in [5.74, 6) is -0.210. The van der Waals surface area contributed by atoms with Gasteiger partial charge in [-0.1, -0.05) is 29.8 Å². The second kappa shape index (κ2) is 8.90. The van der Waals surface area contributed by atoms with Crippen molar-refractivity contribution in [2.45, 2.75) is 13.3 Å². The summed E-state index contributed by atoms with van der Waals surface area (Å²) >= 11 is 6.60. The summed E-state index contributed by atoms with van der Waals surface area (Å²) in [6, 6.07) is 9.74. The zero-order chi connectivity index (χ0) is 20.2. The molecule has 0 aliphatic carbocycles. The topological polar surface area (TPSA) is 72.3 Å². The fraction of sp³-hybridized carbons (Fsp3) is 0.381. The van der Waals surface area contributed by atoms with E-state index in [0.29, 0.717) is 28.2 Å². The van der Waals surface area contributed by atoms with Gasteiger partial charge in [0.05, 0.1) is 40.6 Å². The molecule has 0 bridgehead atoms. The van der Waals surface area contributed by atoms with E-state index in [0.717, 1.165) is 50.7 Å². The summed E-state index contributed by atoms with van der Waals surface area (Å²) < 4.78 is 7.10. The van der Waals surface area contributed by atoms with Crippen molar-refractivity contribution in [2.24, 2.45) is 0 Å². The normalized spacial score (nSPS) is 15.0. The first-order valence-electron chi connectivity index (χ1n) is 9.82. The fourth-order valence-corrected chi connectivity index (χ4v) is 3.90. The summed E-state index contributed by atoms with van der Waals surface area (Å²) in [5, 5.41) is 8.62. The molecule has 7 nitrogen and oxygen atoms in total.